The van der Waals surface area contributed by atoms with Crippen LogP contribution in [0.25, 0.3) is 0 Å². The number of aliphatic hydroxyl groups excluding tert-OH is 2. The highest BCUT2D eigenvalue weighted by molar-refractivity contribution is 14.1. The zero-order valence-electron chi connectivity index (χ0n) is 9.75. The van der Waals surface area contributed by atoms with E-state index < -0.39 is 10.1 Å². The maximum absolute atomic E-state index is 10.8. The molecule has 1 aromatic rings. The molecule has 110 valence electrons. The van der Waals surface area contributed by atoms with Gasteiger partial charge < -0.3 is 15.5 Å². The first-order valence-corrected chi connectivity index (χ1v) is 8.63. The fourth-order valence-electron chi connectivity index (χ4n) is 0.929. The van der Waals surface area contributed by atoms with Crippen molar-refractivity contribution < 1.29 is 23.2 Å². The van der Waals surface area contributed by atoms with E-state index in [2.05, 4.69) is 10.3 Å². The first kappa shape index (κ1) is 19.4. The Kier molecular flexibility index (Phi) is 10.4. The topological polar surface area (TPSA) is 120 Å². The molecule has 0 aromatic carbocycles. The molecule has 0 saturated heterocycles. The van der Waals surface area contributed by atoms with Crippen LogP contribution in [-0.2, 0) is 10.1 Å². The van der Waals surface area contributed by atoms with Crippen molar-refractivity contribution in [1.29, 1.82) is 0 Å². The third-order valence-electron chi connectivity index (χ3n) is 1.64. The summed E-state index contributed by atoms with van der Waals surface area (Å²) in [6, 6.07) is 0. The van der Waals surface area contributed by atoms with Crippen molar-refractivity contribution in [3.05, 3.63) is 19.5 Å². The van der Waals surface area contributed by atoms with E-state index in [0.29, 0.717) is 20.2 Å². The lowest BCUT2D eigenvalue weighted by molar-refractivity contribution is 0.266. The summed E-state index contributed by atoms with van der Waals surface area (Å²) in [5, 5.41) is 19.1. The molecule has 0 aliphatic heterocycles. The normalized spacial score (nSPS) is 10.8. The SMILES string of the molecule is O=S(=O)(O)c1c(I)cncc1I.OCCNCCO. The van der Waals surface area contributed by atoms with Crippen LogP contribution in [-0.4, -0.2) is 54.5 Å². The first-order chi connectivity index (χ1) is 8.84. The molecule has 10 heteroatoms. The number of hydrogen-bond acceptors (Lipinski definition) is 6. The molecule has 0 saturated carbocycles. The van der Waals surface area contributed by atoms with Crippen LogP contribution in [0.1, 0.15) is 0 Å². The van der Waals surface area contributed by atoms with E-state index in [1.807, 2.05) is 0 Å². The quantitative estimate of drug-likeness (QED) is 0.249. The van der Waals surface area contributed by atoms with Gasteiger partial charge in [0.05, 0.1) is 20.4 Å². The Balaban J connectivity index is 0.000000399. The summed E-state index contributed by atoms with van der Waals surface area (Å²) in [6.07, 6.45) is 2.76. The van der Waals surface area contributed by atoms with Crippen molar-refractivity contribution in [2.45, 2.75) is 4.90 Å². The first-order valence-electron chi connectivity index (χ1n) is 5.03. The molecule has 7 nitrogen and oxygen atoms in total. The average Bonchev–Trinajstić information content (AvgIpc) is 2.28. The van der Waals surface area contributed by atoms with Crippen LogP contribution in [0.4, 0.5) is 0 Å². The molecule has 19 heavy (non-hydrogen) atoms. The number of aliphatic hydroxyl groups is 2. The predicted molar refractivity (Wildman–Crippen MR) is 86.5 cm³/mol. The molecule has 0 unspecified atom stereocenters. The highest BCUT2D eigenvalue weighted by atomic mass is 127. The van der Waals surface area contributed by atoms with Crippen LogP contribution in [0, 0.1) is 7.14 Å². The maximum atomic E-state index is 10.8. The number of rotatable bonds is 5. The van der Waals surface area contributed by atoms with E-state index in [4.69, 9.17) is 14.8 Å². The predicted octanol–water partition coefficient (Wildman–Crippen LogP) is 0.0981. The Bertz CT molecular complexity index is 459. The van der Waals surface area contributed by atoms with E-state index in [0.717, 1.165) is 0 Å². The molecule has 0 bridgehead atoms. The fraction of sp³-hybridized carbons (Fsp3) is 0.444. The minimum atomic E-state index is -4.12. The van der Waals surface area contributed by atoms with E-state index >= 15 is 0 Å². The fourth-order valence-corrected chi connectivity index (χ4v) is 4.62. The second-order valence-electron chi connectivity index (χ2n) is 3.10. The van der Waals surface area contributed by atoms with Gasteiger partial charge in [0.1, 0.15) is 4.90 Å². The lowest BCUT2D eigenvalue weighted by atomic mass is 10.5. The van der Waals surface area contributed by atoms with Gasteiger partial charge in [0.2, 0.25) is 0 Å². The molecule has 1 aromatic heterocycles. The van der Waals surface area contributed by atoms with Gasteiger partial charge in [0.15, 0.2) is 0 Å². The van der Waals surface area contributed by atoms with E-state index in [-0.39, 0.29) is 18.1 Å². The molecular weight excluding hydrogens is 502 g/mol. The number of aromatic nitrogens is 1. The van der Waals surface area contributed by atoms with Gasteiger partial charge in [0, 0.05) is 25.5 Å². The summed E-state index contributed by atoms with van der Waals surface area (Å²) < 4.78 is 31.2. The summed E-state index contributed by atoms with van der Waals surface area (Å²) in [4.78, 5) is 3.70. The highest BCUT2D eigenvalue weighted by Crippen LogP contribution is 2.22. The molecular formula is C9H14I2N2O5S. The molecule has 4 N–H and O–H groups in total. The number of pyridine rings is 1. The lowest BCUT2D eigenvalue weighted by Crippen LogP contribution is -2.21. The van der Waals surface area contributed by atoms with Crippen molar-refractivity contribution >= 4 is 55.3 Å². The largest absolute Gasteiger partial charge is 0.395 e. The molecule has 0 spiro atoms. The van der Waals surface area contributed by atoms with Crippen molar-refractivity contribution in [3.63, 3.8) is 0 Å². The molecule has 0 atom stereocenters. The standard InChI is InChI=1S/C5H3I2NO3S.C4H11NO2/c6-3-1-8-2-4(7)5(3)12(9,10)11;6-3-1-5-2-4-7/h1-2H,(H,9,10,11);5-7H,1-4H2. The van der Waals surface area contributed by atoms with Crippen LogP contribution in [0.3, 0.4) is 0 Å². The summed E-state index contributed by atoms with van der Waals surface area (Å²) in [7, 11) is -4.12. The van der Waals surface area contributed by atoms with Crippen LogP contribution in [0.5, 0.6) is 0 Å². The Morgan fingerprint density at radius 3 is 1.79 bits per heavy atom. The zero-order valence-corrected chi connectivity index (χ0v) is 14.9. The number of halogens is 2. The summed E-state index contributed by atoms with van der Waals surface area (Å²) in [5.41, 5.74) is 0. The second-order valence-corrected chi connectivity index (χ2v) is 6.79. The summed E-state index contributed by atoms with van der Waals surface area (Å²) >= 11 is 3.61. The van der Waals surface area contributed by atoms with Gasteiger partial charge in [-0.1, -0.05) is 0 Å². The molecule has 1 heterocycles. The summed E-state index contributed by atoms with van der Waals surface area (Å²) in [5.74, 6) is 0. The lowest BCUT2D eigenvalue weighted by Gasteiger charge is -2.01. The smallest absolute Gasteiger partial charge is 0.296 e. The Hall–Kier alpha value is 0.400. The van der Waals surface area contributed by atoms with Gasteiger partial charge in [-0.3, -0.25) is 9.54 Å². The average molecular weight is 516 g/mol. The number of nitrogens with zero attached hydrogens (tertiary/aromatic N) is 1. The van der Waals surface area contributed by atoms with E-state index in [1.54, 1.807) is 45.2 Å². The number of nitrogens with one attached hydrogen (secondary N) is 1. The van der Waals surface area contributed by atoms with E-state index in [1.165, 1.54) is 12.4 Å². The molecule has 0 aliphatic rings. The van der Waals surface area contributed by atoms with E-state index in [9.17, 15) is 8.42 Å². The van der Waals surface area contributed by atoms with Gasteiger partial charge in [-0.15, -0.1) is 0 Å². The maximum Gasteiger partial charge on any atom is 0.296 e. The van der Waals surface area contributed by atoms with Gasteiger partial charge in [-0.2, -0.15) is 8.42 Å². The Morgan fingerprint density at radius 2 is 1.53 bits per heavy atom. The van der Waals surface area contributed by atoms with Gasteiger partial charge >= 0.3 is 0 Å². The van der Waals surface area contributed by atoms with Gasteiger partial charge in [-0.05, 0) is 45.2 Å². The Labute approximate surface area is 138 Å². The van der Waals surface area contributed by atoms with Crippen LogP contribution >= 0.6 is 45.2 Å². The molecule has 0 fully saturated rings. The van der Waals surface area contributed by atoms with Crippen molar-refractivity contribution in [3.8, 4) is 0 Å². The van der Waals surface area contributed by atoms with Crippen molar-refractivity contribution in [2.75, 3.05) is 26.3 Å². The minimum absolute atomic E-state index is 0.0706. The van der Waals surface area contributed by atoms with Crippen molar-refractivity contribution in [2.24, 2.45) is 0 Å². The molecule has 0 radical (unpaired) electrons. The number of hydrogen-bond donors (Lipinski definition) is 4. The zero-order chi connectivity index (χ0) is 14.9. The van der Waals surface area contributed by atoms with Crippen LogP contribution in [0.2, 0.25) is 0 Å². The third-order valence-corrected chi connectivity index (χ3v) is 4.97. The van der Waals surface area contributed by atoms with Gasteiger partial charge in [0.25, 0.3) is 10.1 Å². The third kappa shape index (κ3) is 8.31. The van der Waals surface area contributed by atoms with Crippen LogP contribution < -0.4 is 5.32 Å². The second kappa shape index (κ2) is 10.2. The summed E-state index contributed by atoms with van der Waals surface area (Å²) in [6.45, 7) is 1.42. The Morgan fingerprint density at radius 1 is 1.11 bits per heavy atom. The molecule has 0 aliphatic carbocycles. The molecule has 0 amide bonds. The molecule has 1 rings (SSSR count). The van der Waals surface area contributed by atoms with Crippen LogP contribution in [0.15, 0.2) is 17.3 Å². The van der Waals surface area contributed by atoms with Gasteiger partial charge in [-0.25, -0.2) is 0 Å². The highest BCUT2D eigenvalue weighted by Gasteiger charge is 2.17. The monoisotopic (exact) mass is 516 g/mol. The van der Waals surface area contributed by atoms with Crippen molar-refractivity contribution in [1.82, 2.24) is 10.3 Å². The minimum Gasteiger partial charge on any atom is -0.395 e.